The minimum atomic E-state index is 0. The Hall–Kier alpha value is -1.32. The second-order valence-electron chi connectivity index (χ2n) is 7.17. The van der Waals surface area contributed by atoms with Gasteiger partial charge in [0.15, 0.2) is 5.96 Å². The summed E-state index contributed by atoms with van der Waals surface area (Å²) in [5.41, 5.74) is 0. The molecule has 1 N–H and O–H groups in total. The van der Waals surface area contributed by atoms with Crippen LogP contribution in [0.25, 0.3) is 0 Å². The molecule has 1 aliphatic heterocycles. The third-order valence-electron chi connectivity index (χ3n) is 4.98. The molecule has 26 heavy (non-hydrogen) atoms. The number of amides is 1. The molecular weight excluding hydrogens is 443 g/mol. The van der Waals surface area contributed by atoms with Gasteiger partial charge >= 0.3 is 0 Å². The minimum Gasteiger partial charge on any atom is -0.354 e. The third-order valence-corrected chi connectivity index (χ3v) is 4.98. The zero-order valence-corrected chi connectivity index (χ0v) is 18.9. The van der Waals surface area contributed by atoms with Gasteiger partial charge in [0.2, 0.25) is 5.91 Å². The van der Waals surface area contributed by atoms with Crippen molar-refractivity contribution in [3.8, 4) is 0 Å². The molecule has 0 aromatic carbocycles. The molecule has 148 valence electrons. The molecule has 1 fully saturated rings. The van der Waals surface area contributed by atoms with Crippen molar-refractivity contribution in [1.82, 2.24) is 24.7 Å². The van der Waals surface area contributed by atoms with E-state index < -0.39 is 0 Å². The summed E-state index contributed by atoms with van der Waals surface area (Å²) in [4.78, 5) is 24.6. The maximum atomic E-state index is 11.9. The summed E-state index contributed by atoms with van der Waals surface area (Å²) in [6, 6.07) is 0.684. The van der Waals surface area contributed by atoms with Crippen molar-refractivity contribution in [2.45, 2.75) is 45.7 Å². The number of carbonyl (C=O) groups is 1. The number of imidazole rings is 1. The molecule has 0 aliphatic carbocycles. The lowest BCUT2D eigenvalue weighted by molar-refractivity contribution is -0.127. The Balaban J connectivity index is 0.00000338. The summed E-state index contributed by atoms with van der Waals surface area (Å²) in [5.74, 6) is 1.43. The van der Waals surface area contributed by atoms with Crippen molar-refractivity contribution >= 4 is 35.8 Å². The molecule has 7 nitrogen and oxygen atoms in total. The van der Waals surface area contributed by atoms with Crippen LogP contribution in [-0.4, -0.2) is 71.0 Å². The highest BCUT2D eigenvalue weighted by Gasteiger charge is 2.29. The van der Waals surface area contributed by atoms with Crippen molar-refractivity contribution in [3.63, 3.8) is 0 Å². The number of piperidine rings is 1. The van der Waals surface area contributed by atoms with Gasteiger partial charge in [0, 0.05) is 45.6 Å². The van der Waals surface area contributed by atoms with Gasteiger partial charge in [-0.3, -0.25) is 4.79 Å². The molecular formula is C18H33IN6O. The van der Waals surface area contributed by atoms with E-state index >= 15 is 0 Å². The van der Waals surface area contributed by atoms with Crippen LogP contribution in [0.3, 0.4) is 0 Å². The van der Waals surface area contributed by atoms with Crippen molar-refractivity contribution in [2.24, 2.45) is 10.9 Å². The highest BCUT2D eigenvalue weighted by molar-refractivity contribution is 14.0. The van der Waals surface area contributed by atoms with Crippen LogP contribution >= 0.6 is 24.0 Å². The molecule has 3 unspecified atom stereocenters. The second kappa shape index (κ2) is 10.7. The molecule has 0 radical (unpaired) electrons. The van der Waals surface area contributed by atoms with Gasteiger partial charge in [0.1, 0.15) is 6.54 Å². The van der Waals surface area contributed by atoms with Crippen molar-refractivity contribution in [1.29, 1.82) is 0 Å². The summed E-state index contributed by atoms with van der Waals surface area (Å²) < 4.78 is 2.18. The molecule has 0 saturated carbocycles. The first kappa shape index (κ1) is 22.7. The van der Waals surface area contributed by atoms with Gasteiger partial charge in [-0.25, -0.2) is 9.98 Å². The highest BCUT2D eigenvalue weighted by Crippen LogP contribution is 2.27. The van der Waals surface area contributed by atoms with E-state index in [0.717, 1.165) is 31.9 Å². The first-order valence-corrected chi connectivity index (χ1v) is 9.15. The number of aromatic nitrogens is 2. The average Bonchev–Trinajstić information content (AvgIpc) is 3.12. The smallest absolute Gasteiger partial charge is 0.243 e. The van der Waals surface area contributed by atoms with Crippen LogP contribution in [-0.2, 0) is 4.79 Å². The maximum absolute atomic E-state index is 11.9. The Kier molecular flexibility index (Phi) is 9.38. The van der Waals surface area contributed by atoms with E-state index in [4.69, 9.17) is 0 Å². The number of aliphatic imine (C=N–C) groups is 1. The van der Waals surface area contributed by atoms with Crippen LogP contribution < -0.4 is 5.32 Å². The van der Waals surface area contributed by atoms with E-state index in [0.29, 0.717) is 18.0 Å². The lowest BCUT2D eigenvalue weighted by Gasteiger charge is -2.40. The first-order chi connectivity index (χ1) is 11.9. The molecule has 0 bridgehead atoms. The van der Waals surface area contributed by atoms with E-state index in [1.807, 2.05) is 18.7 Å². The van der Waals surface area contributed by atoms with E-state index in [1.165, 1.54) is 0 Å². The largest absolute Gasteiger partial charge is 0.354 e. The van der Waals surface area contributed by atoms with Gasteiger partial charge < -0.3 is 19.7 Å². The highest BCUT2D eigenvalue weighted by atomic mass is 127. The van der Waals surface area contributed by atoms with Gasteiger partial charge in [-0.1, -0.05) is 13.8 Å². The third kappa shape index (κ3) is 6.14. The monoisotopic (exact) mass is 476 g/mol. The lowest BCUT2D eigenvalue weighted by Crippen LogP contribution is -2.51. The van der Waals surface area contributed by atoms with Crippen molar-refractivity contribution in [2.75, 3.05) is 33.7 Å². The second-order valence-corrected chi connectivity index (χ2v) is 7.17. The number of hydrogen-bond acceptors (Lipinski definition) is 3. The fraction of sp³-hybridized carbons (Fsp3) is 0.722. The summed E-state index contributed by atoms with van der Waals surface area (Å²) >= 11 is 0. The summed E-state index contributed by atoms with van der Waals surface area (Å²) in [7, 11) is 3.52. The van der Waals surface area contributed by atoms with Gasteiger partial charge in [-0.15, -0.1) is 24.0 Å². The number of likely N-dealkylation sites (N-methyl/N-ethyl adjacent to an activating group) is 1. The van der Waals surface area contributed by atoms with E-state index in [2.05, 4.69) is 45.5 Å². The van der Waals surface area contributed by atoms with Crippen LogP contribution in [0, 0.1) is 5.92 Å². The predicted octanol–water partition coefficient (Wildman–Crippen LogP) is 2.22. The molecule has 1 amide bonds. The Labute approximate surface area is 174 Å². The van der Waals surface area contributed by atoms with Crippen molar-refractivity contribution < 1.29 is 4.79 Å². The molecule has 1 aromatic rings. The van der Waals surface area contributed by atoms with Crippen LogP contribution in [0.5, 0.6) is 0 Å². The van der Waals surface area contributed by atoms with Crippen LogP contribution in [0.1, 0.15) is 39.7 Å². The van der Waals surface area contributed by atoms with Gasteiger partial charge in [-0.05, 0) is 25.7 Å². The van der Waals surface area contributed by atoms with E-state index in [9.17, 15) is 4.79 Å². The predicted molar refractivity (Wildman–Crippen MR) is 116 cm³/mol. The standard InChI is InChI=1S/C18H32N6O.HI/c1-6-15(3)21-18(20-11-17(25)22(4)5)23-9-7-14(2)16(12-23)24-10-8-19-13-24;/h8,10,13-16H,6-7,9,11-12H2,1-5H3,(H,20,21);1H. The normalized spacial score (nSPS) is 21.7. The number of likely N-dealkylation sites (tertiary alicyclic amines) is 1. The molecule has 8 heteroatoms. The molecule has 0 spiro atoms. The van der Waals surface area contributed by atoms with Gasteiger partial charge in [-0.2, -0.15) is 0 Å². The van der Waals surface area contributed by atoms with Crippen molar-refractivity contribution in [3.05, 3.63) is 18.7 Å². The number of halogens is 1. The number of guanidine groups is 1. The SMILES string of the molecule is CCC(C)NC(=NCC(=O)N(C)C)N1CCC(C)C(n2ccnc2)C1.I. The van der Waals surface area contributed by atoms with E-state index in [-0.39, 0.29) is 36.4 Å². The van der Waals surface area contributed by atoms with Crippen LogP contribution in [0.2, 0.25) is 0 Å². The maximum Gasteiger partial charge on any atom is 0.243 e. The van der Waals surface area contributed by atoms with Gasteiger partial charge in [0.05, 0.1) is 12.4 Å². The Morgan fingerprint density at radius 1 is 1.46 bits per heavy atom. The first-order valence-electron chi connectivity index (χ1n) is 9.15. The molecule has 2 heterocycles. The topological polar surface area (TPSA) is 65.8 Å². The lowest BCUT2D eigenvalue weighted by atomic mass is 9.93. The fourth-order valence-electron chi connectivity index (χ4n) is 2.94. The molecule has 2 rings (SSSR count). The Bertz CT molecular complexity index is 574. The van der Waals surface area contributed by atoms with E-state index in [1.54, 1.807) is 19.0 Å². The number of hydrogen-bond donors (Lipinski definition) is 1. The summed E-state index contributed by atoms with van der Waals surface area (Å²) in [6.45, 7) is 8.57. The number of nitrogens with one attached hydrogen (secondary N) is 1. The minimum absolute atomic E-state index is 0. The quantitative estimate of drug-likeness (QED) is 0.402. The van der Waals surface area contributed by atoms with Crippen LogP contribution in [0.15, 0.2) is 23.7 Å². The number of carbonyl (C=O) groups excluding carboxylic acids is 1. The average molecular weight is 476 g/mol. The van der Waals surface area contributed by atoms with Crippen LogP contribution in [0.4, 0.5) is 0 Å². The molecule has 1 aromatic heterocycles. The molecule has 1 saturated heterocycles. The van der Waals surface area contributed by atoms with Gasteiger partial charge in [0.25, 0.3) is 0 Å². The Morgan fingerprint density at radius 3 is 2.77 bits per heavy atom. The molecule has 3 atom stereocenters. The number of nitrogens with zero attached hydrogens (tertiary/aromatic N) is 5. The fourth-order valence-corrected chi connectivity index (χ4v) is 2.94. The summed E-state index contributed by atoms with van der Waals surface area (Å²) in [6.07, 6.45) is 7.84. The zero-order valence-electron chi connectivity index (χ0n) is 16.6. The summed E-state index contributed by atoms with van der Waals surface area (Å²) in [5, 5.41) is 3.49. The number of rotatable bonds is 5. The zero-order chi connectivity index (χ0) is 18.4. The molecule has 1 aliphatic rings. The Morgan fingerprint density at radius 2 is 2.19 bits per heavy atom.